The lowest BCUT2D eigenvalue weighted by atomic mass is 9.85. The van der Waals surface area contributed by atoms with Gasteiger partial charge < -0.3 is 0 Å². The minimum absolute atomic E-state index is 0.926. The standard InChI is InChI=1S/C14H30/c1-6-8-9-13(4)14(5)11-10-12(3)7-2/h12-14H,6-11H2,1-5H3/t12-,13?,14+/m1/s1. The molecule has 14 heavy (non-hydrogen) atoms. The van der Waals surface area contributed by atoms with Crippen LogP contribution in [0.1, 0.15) is 73.1 Å². The highest BCUT2D eigenvalue weighted by molar-refractivity contribution is 4.63. The fraction of sp³-hybridized carbons (Fsp3) is 1.00. The van der Waals surface area contributed by atoms with E-state index in [0.29, 0.717) is 0 Å². The predicted molar refractivity (Wildman–Crippen MR) is 66.5 cm³/mol. The van der Waals surface area contributed by atoms with Crippen molar-refractivity contribution in [2.45, 2.75) is 73.1 Å². The lowest BCUT2D eigenvalue weighted by Gasteiger charge is -2.21. The van der Waals surface area contributed by atoms with E-state index in [2.05, 4.69) is 34.6 Å². The van der Waals surface area contributed by atoms with Crippen molar-refractivity contribution in [3.05, 3.63) is 0 Å². The Morgan fingerprint density at radius 1 is 0.786 bits per heavy atom. The van der Waals surface area contributed by atoms with Crippen molar-refractivity contribution < 1.29 is 0 Å². The minimum atomic E-state index is 0.926. The first-order valence-corrected chi connectivity index (χ1v) is 6.61. The zero-order valence-electron chi connectivity index (χ0n) is 11.0. The largest absolute Gasteiger partial charge is 0.0654 e. The summed E-state index contributed by atoms with van der Waals surface area (Å²) in [6.07, 6.45) is 8.39. The Kier molecular flexibility index (Phi) is 8.32. The van der Waals surface area contributed by atoms with Crippen LogP contribution in [0.5, 0.6) is 0 Å². The van der Waals surface area contributed by atoms with Gasteiger partial charge in [0, 0.05) is 0 Å². The van der Waals surface area contributed by atoms with E-state index in [4.69, 9.17) is 0 Å². The Balaban J connectivity index is 3.55. The van der Waals surface area contributed by atoms with Gasteiger partial charge in [-0.2, -0.15) is 0 Å². The summed E-state index contributed by atoms with van der Waals surface area (Å²) in [6.45, 7) is 11.8. The third-order valence-electron chi connectivity index (χ3n) is 3.80. The molecular weight excluding hydrogens is 168 g/mol. The predicted octanol–water partition coefficient (Wildman–Crippen LogP) is 5.28. The average Bonchev–Trinajstić information content (AvgIpc) is 2.21. The number of unbranched alkanes of at least 4 members (excludes halogenated alkanes) is 1. The smallest absolute Gasteiger partial charge is 0.0417 e. The number of hydrogen-bond acceptors (Lipinski definition) is 0. The van der Waals surface area contributed by atoms with E-state index in [0.717, 1.165) is 17.8 Å². The van der Waals surface area contributed by atoms with Gasteiger partial charge in [-0.25, -0.2) is 0 Å². The molecule has 0 fully saturated rings. The van der Waals surface area contributed by atoms with Crippen molar-refractivity contribution in [2.24, 2.45) is 17.8 Å². The highest BCUT2D eigenvalue weighted by Gasteiger charge is 2.12. The summed E-state index contributed by atoms with van der Waals surface area (Å²) in [5, 5.41) is 0. The number of hydrogen-bond donors (Lipinski definition) is 0. The quantitative estimate of drug-likeness (QED) is 0.498. The van der Waals surface area contributed by atoms with E-state index in [1.807, 2.05) is 0 Å². The topological polar surface area (TPSA) is 0 Å². The maximum atomic E-state index is 2.43. The monoisotopic (exact) mass is 198 g/mol. The summed E-state index contributed by atoms with van der Waals surface area (Å²) in [5.74, 6) is 2.78. The third-order valence-corrected chi connectivity index (χ3v) is 3.80. The molecule has 0 radical (unpaired) electrons. The van der Waals surface area contributed by atoms with Gasteiger partial charge in [-0.3, -0.25) is 0 Å². The molecule has 0 bridgehead atoms. The summed E-state index contributed by atoms with van der Waals surface area (Å²) in [7, 11) is 0. The first-order valence-electron chi connectivity index (χ1n) is 6.61. The fourth-order valence-electron chi connectivity index (χ4n) is 1.85. The molecule has 0 amide bonds. The lowest BCUT2D eigenvalue weighted by molar-refractivity contribution is 0.308. The van der Waals surface area contributed by atoms with E-state index in [-0.39, 0.29) is 0 Å². The molecule has 86 valence electrons. The van der Waals surface area contributed by atoms with E-state index in [1.54, 1.807) is 0 Å². The molecule has 0 aromatic rings. The second kappa shape index (κ2) is 8.32. The van der Waals surface area contributed by atoms with Crippen LogP contribution in [-0.4, -0.2) is 0 Å². The minimum Gasteiger partial charge on any atom is -0.0654 e. The van der Waals surface area contributed by atoms with Crippen LogP contribution in [0.4, 0.5) is 0 Å². The van der Waals surface area contributed by atoms with E-state index >= 15 is 0 Å². The molecule has 0 nitrogen and oxygen atoms in total. The Labute approximate surface area is 91.5 Å². The molecule has 0 aromatic carbocycles. The van der Waals surface area contributed by atoms with Crippen LogP contribution in [0.2, 0.25) is 0 Å². The van der Waals surface area contributed by atoms with Crippen molar-refractivity contribution in [2.75, 3.05) is 0 Å². The van der Waals surface area contributed by atoms with Crippen LogP contribution in [0, 0.1) is 17.8 Å². The van der Waals surface area contributed by atoms with Crippen molar-refractivity contribution >= 4 is 0 Å². The maximum Gasteiger partial charge on any atom is -0.0417 e. The molecule has 0 rings (SSSR count). The summed E-state index contributed by atoms with van der Waals surface area (Å²) in [5.41, 5.74) is 0. The fourth-order valence-corrected chi connectivity index (χ4v) is 1.85. The molecule has 0 aliphatic heterocycles. The zero-order chi connectivity index (χ0) is 11.0. The molecule has 0 N–H and O–H groups in total. The molecule has 1 unspecified atom stereocenters. The molecule has 0 heteroatoms. The molecule has 0 aliphatic carbocycles. The van der Waals surface area contributed by atoms with Crippen LogP contribution in [0.15, 0.2) is 0 Å². The van der Waals surface area contributed by atoms with Gasteiger partial charge >= 0.3 is 0 Å². The average molecular weight is 198 g/mol. The van der Waals surface area contributed by atoms with E-state index in [9.17, 15) is 0 Å². The summed E-state index contributed by atoms with van der Waals surface area (Å²) in [4.78, 5) is 0. The van der Waals surface area contributed by atoms with Crippen LogP contribution < -0.4 is 0 Å². The second-order valence-corrected chi connectivity index (χ2v) is 5.19. The highest BCUT2D eigenvalue weighted by atomic mass is 14.2. The summed E-state index contributed by atoms with van der Waals surface area (Å²) < 4.78 is 0. The number of rotatable bonds is 8. The summed E-state index contributed by atoms with van der Waals surface area (Å²) >= 11 is 0. The normalized spacial score (nSPS) is 17.8. The van der Waals surface area contributed by atoms with Crippen molar-refractivity contribution in [3.63, 3.8) is 0 Å². The molecular formula is C14H30. The van der Waals surface area contributed by atoms with Gasteiger partial charge in [-0.1, -0.05) is 73.1 Å². The van der Waals surface area contributed by atoms with Crippen LogP contribution in [-0.2, 0) is 0 Å². The molecule has 0 spiro atoms. The van der Waals surface area contributed by atoms with Crippen molar-refractivity contribution in [1.82, 2.24) is 0 Å². The van der Waals surface area contributed by atoms with Gasteiger partial charge in [0.25, 0.3) is 0 Å². The maximum absolute atomic E-state index is 2.43. The highest BCUT2D eigenvalue weighted by Crippen LogP contribution is 2.24. The zero-order valence-corrected chi connectivity index (χ0v) is 11.0. The molecule has 0 heterocycles. The van der Waals surface area contributed by atoms with Crippen LogP contribution >= 0.6 is 0 Å². The third kappa shape index (κ3) is 6.45. The van der Waals surface area contributed by atoms with Gasteiger partial charge in [0.2, 0.25) is 0 Å². The Hall–Kier alpha value is 0. The Bertz CT molecular complexity index is 117. The SMILES string of the molecule is CCCCC(C)[C@@H](C)CC[C@H](C)CC. The lowest BCUT2D eigenvalue weighted by Crippen LogP contribution is -2.09. The van der Waals surface area contributed by atoms with Gasteiger partial charge in [0.05, 0.1) is 0 Å². The van der Waals surface area contributed by atoms with E-state index in [1.165, 1.54) is 38.5 Å². The molecule has 0 saturated carbocycles. The van der Waals surface area contributed by atoms with Crippen LogP contribution in [0.25, 0.3) is 0 Å². The van der Waals surface area contributed by atoms with Gasteiger partial charge in [0.15, 0.2) is 0 Å². The molecule has 3 atom stereocenters. The Morgan fingerprint density at radius 2 is 1.36 bits per heavy atom. The Morgan fingerprint density at radius 3 is 1.86 bits per heavy atom. The van der Waals surface area contributed by atoms with Crippen molar-refractivity contribution in [3.8, 4) is 0 Å². The van der Waals surface area contributed by atoms with Crippen LogP contribution in [0.3, 0.4) is 0 Å². The first kappa shape index (κ1) is 14.0. The molecule has 0 aromatic heterocycles. The molecule has 0 saturated heterocycles. The van der Waals surface area contributed by atoms with Gasteiger partial charge in [-0.15, -0.1) is 0 Å². The first-order chi connectivity index (χ1) is 6.61. The van der Waals surface area contributed by atoms with Crippen molar-refractivity contribution in [1.29, 1.82) is 0 Å². The summed E-state index contributed by atoms with van der Waals surface area (Å²) in [6, 6.07) is 0. The molecule has 0 aliphatic rings. The van der Waals surface area contributed by atoms with Gasteiger partial charge in [0.1, 0.15) is 0 Å². The van der Waals surface area contributed by atoms with E-state index < -0.39 is 0 Å². The second-order valence-electron chi connectivity index (χ2n) is 5.19. The van der Waals surface area contributed by atoms with Gasteiger partial charge in [-0.05, 0) is 17.8 Å².